The molecule has 1 fully saturated rings. The minimum Gasteiger partial charge on any atom is -0.398 e. The molecule has 1 aromatic heterocycles. The Labute approximate surface area is 113 Å². The van der Waals surface area contributed by atoms with Gasteiger partial charge in [-0.3, -0.25) is 0 Å². The fourth-order valence-corrected chi connectivity index (χ4v) is 4.87. The molecule has 4 nitrogen and oxygen atoms in total. The number of rotatable bonds is 3. The van der Waals surface area contributed by atoms with Crippen LogP contribution in [-0.2, 0) is 10.0 Å². The number of sulfonamides is 1. The van der Waals surface area contributed by atoms with E-state index in [0.717, 1.165) is 19.3 Å². The zero-order valence-electron chi connectivity index (χ0n) is 10.6. The summed E-state index contributed by atoms with van der Waals surface area (Å²) < 4.78 is 27.6. The Bertz CT molecular complexity index is 496. The molecule has 0 radical (unpaired) electrons. The first kappa shape index (κ1) is 13.8. The Kier molecular flexibility index (Phi) is 4.29. The van der Waals surface area contributed by atoms with Gasteiger partial charge in [0.15, 0.2) is 0 Å². The number of thiophene rings is 1. The number of nitrogens with one attached hydrogen (secondary N) is 1. The molecule has 0 amide bonds. The maximum atomic E-state index is 12.2. The first-order chi connectivity index (χ1) is 8.49. The van der Waals surface area contributed by atoms with Gasteiger partial charge in [-0.25, -0.2) is 13.1 Å². The Morgan fingerprint density at radius 2 is 2.06 bits per heavy atom. The lowest BCUT2D eigenvalue weighted by Gasteiger charge is -2.22. The Hall–Kier alpha value is -0.590. The van der Waals surface area contributed by atoms with Crippen molar-refractivity contribution in [2.24, 2.45) is 5.92 Å². The molecule has 0 saturated heterocycles. The lowest BCUT2D eigenvalue weighted by molar-refractivity contribution is 0.400. The Morgan fingerprint density at radius 3 is 2.72 bits per heavy atom. The van der Waals surface area contributed by atoms with E-state index in [4.69, 9.17) is 5.73 Å². The summed E-state index contributed by atoms with van der Waals surface area (Å²) in [5.74, 6) is 0.402. The van der Waals surface area contributed by atoms with Gasteiger partial charge >= 0.3 is 0 Å². The molecule has 6 heteroatoms. The number of nitrogen functional groups attached to an aromatic ring is 1. The molecular weight excluding hydrogens is 268 g/mol. The lowest BCUT2D eigenvalue weighted by Crippen LogP contribution is -2.38. The van der Waals surface area contributed by atoms with Gasteiger partial charge in [0.25, 0.3) is 0 Å². The van der Waals surface area contributed by atoms with Crippen molar-refractivity contribution < 1.29 is 8.42 Å². The maximum absolute atomic E-state index is 12.2. The first-order valence-electron chi connectivity index (χ1n) is 6.35. The van der Waals surface area contributed by atoms with Crippen LogP contribution in [0.25, 0.3) is 0 Å². The molecular formula is C12H20N2O2S2. The summed E-state index contributed by atoms with van der Waals surface area (Å²) in [6.07, 6.45) is 5.53. The normalized spacial score (nSPS) is 25.8. The Balaban J connectivity index is 2.11. The van der Waals surface area contributed by atoms with Crippen LogP contribution in [0.2, 0.25) is 0 Å². The van der Waals surface area contributed by atoms with Gasteiger partial charge in [-0.2, -0.15) is 0 Å². The lowest BCUT2D eigenvalue weighted by atomic mass is 9.98. The third-order valence-corrected chi connectivity index (χ3v) is 6.48. The van der Waals surface area contributed by atoms with E-state index in [9.17, 15) is 8.42 Å². The fraction of sp³-hybridized carbons (Fsp3) is 0.667. The highest BCUT2D eigenvalue weighted by molar-refractivity contribution is 7.91. The summed E-state index contributed by atoms with van der Waals surface area (Å²) >= 11 is 1.18. The smallest absolute Gasteiger partial charge is 0.250 e. The Morgan fingerprint density at radius 1 is 1.33 bits per heavy atom. The van der Waals surface area contributed by atoms with E-state index in [2.05, 4.69) is 11.6 Å². The second-order valence-corrected chi connectivity index (χ2v) is 7.89. The molecule has 1 aliphatic rings. The van der Waals surface area contributed by atoms with Gasteiger partial charge in [0.05, 0.1) is 0 Å². The molecule has 0 spiro atoms. The van der Waals surface area contributed by atoms with Crippen molar-refractivity contribution in [3.63, 3.8) is 0 Å². The van der Waals surface area contributed by atoms with Crippen LogP contribution in [0.5, 0.6) is 0 Å². The first-order valence-corrected chi connectivity index (χ1v) is 8.71. The van der Waals surface area contributed by atoms with Crippen molar-refractivity contribution in [3.8, 4) is 0 Å². The van der Waals surface area contributed by atoms with Gasteiger partial charge in [0.1, 0.15) is 4.21 Å². The second-order valence-electron chi connectivity index (χ2n) is 5.04. The van der Waals surface area contributed by atoms with E-state index in [0.29, 0.717) is 15.8 Å². The summed E-state index contributed by atoms with van der Waals surface area (Å²) in [6.45, 7) is 2.13. The number of hydrogen-bond acceptors (Lipinski definition) is 4. The molecule has 1 aliphatic carbocycles. The van der Waals surface area contributed by atoms with Gasteiger partial charge < -0.3 is 5.73 Å². The van der Waals surface area contributed by atoms with Crippen LogP contribution < -0.4 is 10.5 Å². The third-order valence-electron chi connectivity index (χ3n) is 3.53. The highest BCUT2D eigenvalue weighted by Gasteiger charge is 2.26. The van der Waals surface area contributed by atoms with Crippen molar-refractivity contribution >= 4 is 27.0 Å². The zero-order valence-corrected chi connectivity index (χ0v) is 12.2. The van der Waals surface area contributed by atoms with Gasteiger partial charge in [-0.1, -0.05) is 26.2 Å². The second kappa shape index (κ2) is 5.59. The van der Waals surface area contributed by atoms with Gasteiger partial charge in [-0.05, 0) is 24.8 Å². The third kappa shape index (κ3) is 3.24. The summed E-state index contributed by atoms with van der Waals surface area (Å²) in [5, 5.41) is 1.66. The zero-order chi connectivity index (χ0) is 13.2. The van der Waals surface area contributed by atoms with Crippen LogP contribution in [0.4, 0.5) is 5.69 Å². The van der Waals surface area contributed by atoms with Crippen LogP contribution in [0.1, 0.15) is 39.0 Å². The minimum atomic E-state index is -3.40. The predicted molar refractivity (Wildman–Crippen MR) is 75.1 cm³/mol. The van der Waals surface area contributed by atoms with Gasteiger partial charge in [0.2, 0.25) is 10.0 Å². The molecule has 2 atom stereocenters. The van der Waals surface area contributed by atoms with Crippen LogP contribution in [0, 0.1) is 5.92 Å². The van der Waals surface area contributed by atoms with Crippen molar-refractivity contribution in [2.45, 2.75) is 49.3 Å². The summed E-state index contributed by atoms with van der Waals surface area (Å²) in [4.78, 5) is 0. The monoisotopic (exact) mass is 288 g/mol. The molecule has 2 unspecified atom stereocenters. The number of hydrogen-bond donors (Lipinski definition) is 2. The topological polar surface area (TPSA) is 72.2 Å². The van der Waals surface area contributed by atoms with Crippen LogP contribution in [-0.4, -0.2) is 14.5 Å². The SMILES string of the molecule is CC1CCCCCC1NS(=O)(=O)c1cc(N)cs1. The van der Waals surface area contributed by atoms with E-state index in [-0.39, 0.29) is 6.04 Å². The predicted octanol–water partition coefficient (Wildman–Crippen LogP) is 2.58. The molecule has 1 heterocycles. The summed E-state index contributed by atoms with van der Waals surface area (Å²) in [7, 11) is -3.40. The standard InChI is InChI=1S/C12H20N2O2S2/c1-9-5-3-2-4-6-11(9)14-18(15,16)12-7-10(13)8-17-12/h7-9,11,14H,2-6,13H2,1H3. The van der Waals surface area contributed by atoms with E-state index in [1.807, 2.05) is 0 Å². The molecule has 0 aliphatic heterocycles. The molecule has 1 aromatic rings. The van der Waals surface area contributed by atoms with E-state index < -0.39 is 10.0 Å². The number of anilines is 1. The van der Waals surface area contributed by atoms with E-state index in [1.54, 1.807) is 5.38 Å². The molecule has 0 bridgehead atoms. The molecule has 18 heavy (non-hydrogen) atoms. The molecule has 1 saturated carbocycles. The van der Waals surface area contributed by atoms with Gasteiger partial charge in [-0.15, -0.1) is 11.3 Å². The van der Waals surface area contributed by atoms with Crippen molar-refractivity contribution in [2.75, 3.05) is 5.73 Å². The summed E-state index contributed by atoms with van der Waals surface area (Å²) in [6, 6.07) is 1.58. The van der Waals surface area contributed by atoms with Crippen molar-refractivity contribution in [3.05, 3.63) is 11.4 Å². The molecule has 0 aromatic carbocycles. The highest BCUT2D eigenvalue weighted by atomic mass is 32.2. The average molecular weight is 288 g/mol. The molecule has 3 N–H and O–H groups in total. The maximum Gasteiger partial charge on any atom is 0.250 e. The van der Waals surface area contributed by atoms with Crippen LogP contribution >= 0.6 is 11.3 Å². The van der Waals surface area contributed by atoms with Crippen molar-refractivity contribution in [1.82, 2.24) is 4.72 Å². The van der Waals surface area contributed by atoms with E-state index in [1.165, 1.54) is 30.2 Å². The fourth-order valence-electron chi connectivity index (χ4n) is 2.40. The number of nitrogens with two attached hydrogens (primary N) is 1. The molecule has 102 valence electrons. The average Bonchev–Trinajstić information content (AvgIpc) is 2.65. The van der Waals surface area contributed by atoms with Crippen LogP contribution in [0.3, 0.4) is 0 Å². The van der Waals surface area contributed by atoms with Gasteiger partial charge in [0, 0.05) is 17.1 Å². The minimum absolute atomic E-state index is 0.0563. The quantitative estimate of drug-likeness (QED) is 0.840. The van der Waals surface area contributed by atoms with Crippen LogP contribution in [0.15, 0.2) is 15.7 Å². The largest absolute Gasteiger partial charge is 0.398 e. The summed E-state index contributed by atoms with van der Waals surface area (Å²) in [5.41, 5.74) is 6.09. The molecule has 2 rings (SSSR count). The highest BCUT2D eigenvalue weighted by Crippen LogP contribution is 2.26. The van der Waals surface area contributed by atoms with Crippen molar-refractivity contribution in [1.29, 1.82) is 0 Å². The van der Waals surface area contributed by atoms with E-state index >= 15 is 0 Å².